The molecule has 0 saturated heterocycles. The first-order valence-electron chi connectivity index (χ1n) is 5.89. The summed E-state index contributed by atoms with van der Waals surface area (Å²) in [5, 5.41) is 2.26. The predicted octanol–water partition coefficient (Wildman–Crippen LogP) is 0.356. The Kier molecular flexibility index (Phi) is 8.40. The van der Waals surface area contributed by atoms with E-state index in [0.29, 0.717) is 0 Å². The molecule has 0 aliphatic heterocycles. The van der Waals surface area contributed by atoms with Crippen LogP contribution in [0.15, 0.2) is 0 Å². The summed E-state index contributed by atoms with van der Waals surface area (Å²) in [6, 6.07) is 0.235. The molecular weight excluding hydrogens is 224 g/mol. The molecule has 0 spiro atoms. The first-order chi connectivity index (χ1) is 7.38. The van der Waals surface area contributed by atoms with Crippen molar-refractivity contribution in [2.24, 2.45) is 11.1 Å². The van der Waals surface area contributed by atoms with Crippen molar-refractivity contribution in [3.63, 3.8) is 0 Å². The quantitative estimate of drug-likeness (QED) is 0.431. The van der Waals surface area contributed by atoms with Gasteiger partial charge in [-0.25, -0.2) is 0 Å². The molecule has 0 aliphatic carbocycles. The minimum Gasteiger partial charge on any atom is -0.345 e. The summed E-state index contributed by atoms with van der Waals surface area (Å²) in [5.41, 5.74) is 6.23. The van der Waals surface area contributed by atoms with Gasteiger partial charge in [0.15, 0.2) is 5.75 Å². The van der Waals surface area contributed by atoms with Crippen molar-refractivity contribution in [2.75, 3.05) is 26.0 Å². The summed E-state index contributed by atoms with van der Waals surface area (Å²) in [4.78, 5) is 0. The van der Waals surface area contributed by atoms with E-state index in [2.05, 4.69) is 26.1 Å². The molecule has 0 bridgehead atoms. The molecule has 98 valence electrons. The standard InChI is InChI=1S/C11H27N2O2S/c1-11(2,3)10(12)9-13-7-5-6-8-16(14)15-4/h10,13-14H,5-9,12H2,1-4H3/q+1/p+1/t10-,16?/m1/s1. The second kappa shape index (κ2) is 8.31. The highest BCUT2D eigenvalue weighted by molar-refractivity contribution is 7.86. The largest absolute Gasteiger partial charge is 0.345 e. The Morgan fingerprint density at radius 2 is 2.00 bits per heavy atom. The molecule has 16 heavy (non-hydrogen) atoms. The van der Waals surface area contributed by atoms with E-state index in [1.807, 2.05) is 0 Å². The van der Waals surface area contributed by atoms with E-state index in [0.717, 1.165) is 31.7 Å². The molecule has 4 nitrogen and oxygen atoms in total. The maximum absolute atomic E-state index is 9.18. The Bertz CT molecular complexity index is 174. The van der Waals surface area contributed by atoms with Gasteiger partial charge in [-0.05, 0) is 5.41 Å². The topological polar surface area (TPSA) is 72.1 Å². The average Bonchev–Trinajstić information content (AvgIpc) is 2.20. The minimum absolute atomic E-state index is 0.185. The molecule has 0 rings (SSSR count). The Hall–Kier alpha value is 0.190. The first-order valence-corrected chi connectivity index (χ1v) is 7.17. The number of quaternary nitrogens is 1. The van der Waals surface area contributed by atoms with E-state index < -0.39 is 11.5 Å². The van der Waals surface area contributed by atoms with Crippen LogP contribution in [-0.2, 0) is 15.6 Å². The van der Waals surface area contributed by atoms with Gasteiger partial charge in [0.1, 0.15) is 0 Å². The molecule has 0 heterocycles. The zero-order valence-electron chi connectivity index (χ0n) is 11.0. The number of hydrogen-bond donors (Lipinski definition) is 3. The summed E-state index contributed by atoms with van der Waals surface area (Å²) in [5.74, 6) is 0.746. The molecule has 1 unspecified atom stereocenters. The van der Waals surface area contributed by atoms with Crippen LogP contribution in [0, 0.1) is 5.41 Å². The summed E-state index contributed by atoms with van der Waals surface area (Å²) in [6.45, 7) is 8.55. The van der Waals surface area contributed by atoms with Gasteiger partial charge >= 0.3 is 11.5 Å². The van der Waals surface area contributed by atoms with Crippen molar-refractivity contribution in [2.45, 2.75) is 39.7 Å². The zero-order chi connectivity index (χ0) is 12.6. The predicted molar refractivity (Wildman–Crippen MR) is 70.2 cm³/mol. The summed E-state index contributed by atoms with van der Waals surface area (Å²) >= 11 is -0.844. The molecular formula is C11H28N2O2S+2. The van der Waals surface area contributed by atoms with Gasteiger partial charge in [0.05, 0.1) is 26.2 Å². The molecule has 0 aromatic carbocycles. The highest BCUT2D eigenvalue weighted by Crippen LogP contribution is 2.15. The van der Waals surface area contributed by atoms with Crippen molar-refractivity contribution in [1.29, 1.82) is 0 Å². The van der Waals surface area contributed by atoms with Crippen LogP contribution in [0.25, 0.3) is 0 Å². The lowest BCUT2D eigenvalue weighted by Crippen LogP contribution is -2.87. The number of hydrogen-bond acceptors (Lipinski definition) is 3. The maximum atomic E-state index is 9.18. The van der Waals surface area contributed by atoms with E-state index in [-0.39, 0.29) is 11.5 Å². The molecule has 0 fully saturated rings. The van der Waals surface area contributed by atoms with Gasteiger partial charge in [-0.15, -0.1) is 4.18 Å². The Labute approximate surface area is 103 Å². The van der Waals surface area contributed by atoms with Gasteiger partial charge in [0.25, 0.3) is 0 Å². The smallest absolute Gasteiger partial charge is 0.311 e. The molecule has 5 heteroatoms. The summed E-state index contributed by atoms with van der Waals surface area (Å²) < 4.78 is 14.0. The van der Waals surface area contributed by atoms with Crippen LogP contribution in [0.5, 0.6) is 0 Å². The Morgan fingerprint density at radius 1 is 1.38 bits per heavy atom. The normalized spacial score (nSPS) is 16.1. The van der Waals surface area contributed by atoms with E-state index in [1.165, 1.54) is 7.11 Å². The zero-order valence-corrected chi connectivity index (χ0v) is 11.8. The van der Waals surface area contributed by atoms with Gasteiger partial charge in [0, 0.05) is 12.8 Å². The molecule has 0 radical (unpaired) electrons. The molecule has 0 amide bonds. The lowest BCUT2D eigenvalue weighted by molar-refractivity contribution is -0.658. The number of unbranched alkanes of at least 4 members (excludes halogenated alkanes) is 1. The van der Waals surface area contributed by atoms with Gasteiger partial charge < -0.3 is 11.1 Å². The fourth-order valence-electron chi connectivity index (χ4n) is 1.25. The average molecular weight is 252 g/mol. The molecule has 0 aromatic heterocycles. The first kappa shape index (κ1) is 16.2. The van der Waals surface area contributed by atoms with Crippen molar-refractivity contribution >= 4 is 11.5 Å². The van der Waals surface area contributed by atoms with Gasteiger partial charge in [-0.3, -0.25) is 0 Å². The van der Waals surface area contributed by atoms with Crippen LogP contribution >= 0.6 is 0 Å². The highest BCUT2D eigenvalue weighted by Gasteiger charge is 2.21. The van der Waals surface area contributed by atoms with E-state index in [4.69, 9.17) is 9.92 Å². The summed E-state index contributed by atoms with van der Waals surface area (Å²) in [6.07, 6.45) is 2.11. The van der Waals surface area contributed by atoms with Crippen molar-refractivity contribution < 1.29 is 14.1 Å². The third kappa shape index (κ3) is 8.35. The van der Waals surface area contributed by atoms with E-state index in [1.54, 1.807) is 0 Å². The molecule has 0 aromatic rings. The number of nitrogens with two attached hydrogens (primary N) is 2. The van der Waals surface area contributed by atoms with Crippen LogP contribution in [0.3, 0.4) is 0 Å². The highest BCUT2D eigenvalue weighted by atomic mass is 32.2. The summed E-state index contributed by atoms with van der Waals surface area (Å²) in [7, 11) is 1.54. The lowest BCUT2D eigenvalue weighted by atomic mass is 9.87. The third-order valence-corrected chi connectivity index (χ3v) is 3.73. The lowest BCUT2D eigenvalue weighted by Gasteiger charge is -2.25. The van der Waals surface area contributed by atoms with Crippen molar-refractivity contribution in [1.82, 2.24) is 0 Å². The van der Waals surface area contributed by atoms with Gasteiger partial charge in [-0.1, -0.05) is 20.8 Å². The van der Waals surface area contributed by atoms with Crippen molar-refractivity contribution in [3.05, 3.63) is 0 Å². The monoisotopic (exact) mass is 252 g/mol. The fourth-order valence-corrected chi connectivity index (χ4v) is 1.87. The van der Waals surface area contributed by atoms with Crippen molar-refractivity contribution in [3.8, 4) is 0 Å². The molecule has 2 atom stereocenters. The molecule has 0 aliphatic rings. The van der Waals surface area contributed by atoms with Gasteiger partial charge in [-0.2, -0.15) is 4.55 Å². The van der Waals surface area contributed by atoms with Crippen LogP contribution in [0.1, 0.15) is 33.6 Å². The fraction of sp³-hybridized carbons (Fsp3) is 1.00. The van der Waals surface area contributed by atoms with Crippen LogP contribution in [0.2, 0.25) is 0 Å². The maximum Gasteiger partial charge on any atom is 0.311 e. The second-order valence-corrected chi connectivity index (χ2v) is 6.57. The van der Waals surface area contributed by atoms with Gasteiger partial charge in [0.2, 0.25) is 0 Å². The van der Waals surface area contributed by atoms with Crippen LogP contribution in [0.4, 0.5) is 0 Å². The van der Waals surface area contributed by atoms with E-state index in [9.17, 15) is 4.55 Å². The Balaban J connectivity index is 3.34. The molecule has 0 saturated carbocycles. The molecule has 5 N–H and O–H groups in total. The van der Waals surface area contributed by atoms with Crippen LogP contribution < -0.4 is 11.1 Å². The SMILES string of the molecule is CO[S+](O)CCCC[NH2+]C[C@@H](N)C(C)(C)C. The number of rotatable bonds is 8. The Morgan fingerprint density at radius 3 is 2.50 bits per heavy atom. The van der Waals surface area contributed by atoms with E-state index >= 15 is 0 Å². The minimum atomic E-state index is -0.844. The second-order valence-electron chi connectivity index (χ2n) is 5.18. The third-order valence-electron chi connectivity index (χ3n) is 2.70. The van der Waals surface area contributed by atoms with Crippen LogP contribution in [-0.4, -0.2) is 36.5 Å².